The number of aromatic nitrogens is 2. The van der Waals surface area contributed by atoms with E-state index in [0.717, 1.165) is 5.56 Å². The molecule has 4 rings (SSSR count). The van der Waals surface area contributed by atoms with E-state index in [1.807, 2.05) is 0 Å². The van der Waals surface area contributed by atoms with Crippen LogP contribution in [0.25, 0.3) is 5.69 Å². The highest BCUT2D eigenvalue weighted by Gasteiger charge is 2.20. The molecule has 0 saturated heterocycles. The number of rotatable bonds is 7. The summed E-state index contributed by atoms with van der Waals surface area (Å²) in [5.74, 6) is -0.541. The largest absolute Gasteiger partial charge is 0.495 e. The molecule has 0 unspecified atom stereocenters. The molecule has 8 heteroatoms. The maximum absolute atomic E-state index is 13.3. The molecule has 0 aliphatic heterocycles. The Bertz CT molecular complexity index is 1220. The van der Waals surface area contributed by atoms with Crippen molar-refractivity contribution in [2.24, 2.45) is 0 Å². The summed E-state index contributed by atoms with van der Waals surface area (Å²) in [4.78, 5) is 13.0. The Balaban J connectivity index is 1.64. The maximum atomic E-state index is 13.3. The molecule has 4 aromatic rings. The minimum Gasteiger partial charge on any atom is -0.495 e. The van der Waals surface area contributed by atoms with Gasteiger partial charge in [0.15, 0.2) is 11.4 Å². The summed E-state index contributed by atoms with van der Waals surface area (Å²) in [6, 6.07) is 18.5. The summed E-state index contributed by atoms with van der Waals surface area (Å²) < 4.78 is 39.0. The number of benzene rings is 3. The lowest BCUT2D eigenvalue weighted by Crippen LogP contribution is -2.15. The van der Waals surface area contributed by atoms with Gasteiger partial charge in [-0.3, -0.25) is 4.79 Å². The number of carbonyl (C=O) groups excluding carboxylic acids is 1. The molecule has 162 valence electrons. The molecule has 0 spiro atoms. The van der Waals surface area contributed by atoms with Crippen LogP contribution in [0, 0.1) is 11.6 Å². The van der Waals surface area contributed by atoms with Crippen molar-refractivity contribution in [2.45, 2.75) is 6.61 Å². The smallest absolute Gasteiger partial charge is 0.280 e. The number of halogens is 2. The third kappa shape index (κ3) is 4.75. The van der Waals surface area contributed by atoms with Gasteiger partial charge in [-0.05, 0) is 54.1 Å². The number of hydrogen-bond donors (Lipinski definition) is 1. The van der Waals surface area contributed by atoms with Gasteiger partial charge in [0.25, 0.3) is 5.91 Å². The van der Waals surface area contributed by atoms with Crippen LogP contribution in [0.1, 0.15) is 16.1 Å². The van der Waals surface area contributed by atoms with Crippen molar-refractivity contribution in [2.75, 3.05) is 12.4 Å². The third-order valence-corrected chi connectivity index (χ3v) is 4.65. The van der Waals surface area contributed by atoms with Gasteiger partial charge in [0.05, 0.1) is 24.7 Å². The van der Waals surface area contributed by atoms with Gasteiger partial charge in [-0.25, -0.2) is 13.5 Å². The van der Waals surface area contributed by atoms with Gasteiger partial charge in [0.2, 0.25) is 0 Å². The number of methoxy groups -OCH3 is 1. The number of carbonyl (C=O) groups is 1. The molecule has 32 heavy (non-hydrogen) atoms. The molecule has 1 aromatic heterocycles. The highest BCUT2D eigenvalue weighted by atomic mass is 19.1. The summed E-state index contributed by atoms with van der Waals surface area (Å²) in [6.07, 6.45) is 1.54. The fourth-order valence-electron chi connectivity index (χ4n) is 3.02. The molecule has 1 amide bonds. The first-order chi connectivity index (χ1) is 15.5. The van der Waals surface area contributed by atoms with Crippen molar-refractivity contribution in [3.05, 3.63) is 102 Å². The number of para-hydroxylation sites is 2. The van der Waals surface area contributed by atoms with E-state index in [4.69, 9.17) is 9.47 Å². The zero-order valence-corrected chi connectivity index (χ0v) is 17.1. The second kappa shape index (κ2) is 9.30. The van der Waals surface area contributed by atoms with Crippen molar-refractivity contribution in [3.63, 3.8) is 0 Å². The Morgan fingerprint density at radius 1 is 0.938 bits per heavy atom. The van der Waals surface area contributed by atoms with Crippen LogP contribution in [0.5, 0.6) is 11.5 Å². The van der Waals surface area contributed by atoms with Crippen LogP contribution < -0.4 is 14.8 Å². The lowest BCUT2D eigenvalue weighted by molar-refractivity contribution is 0.101. The molecule has 6 nitrogen and oxygen atoms in total. The SMILES string of the molecule is COc1ccccc1NC(=O)c1nn(-c2ccc(F)cc2)cc1OCc1ccc(F)cc1. The van der Waals surface area contributed by atoms with Gasteiger partial charge < -0.3 is 14.8 Å². The second-order valence-electron chi connectivity index (χ2n) is 6.83. The fourth-order valence-corrected chi connectivity index (χ4v) is 3.02. The highest BCUT2D eigenvalue weighted by molar-refractivity contribution is 6.05. The average molecular weight is 435 g/mol. The van der Waals surface area contributed by atoms with E-state index in [2.05, 4.69) is 10.4 Å². The first-order valence-electron chi connectivity index (χ1n) is 9.70. The number of nitrogens with zero attached hydrogens (tertiary/aromatic N) is 2. The monoisotopic (exact) mass is 435 g/mol. The molecule has 0 radical (unpaired) electrons. The number of hydrogen-bond acceptors (Lipinski definition) is 4. The first-order valence-corrected chi connectivity index (χ1v) is 9.70. The molecule has 0 aliphatic carbocycles. The molecular weight excluding hydrogens is 416 g/mol. The Labute approximate surface area is 183 Å². The number of ether oxygens (including phenoxy) is 2. The fraction of sp³-hybridized carbons (Fsp3) is 0.0833. The van der Waals surface area contributed by atoms with E-state index in [-0.39, 0.29) is 29.7 Å². The highest BCUT2D eigenvalue weighted by Crippen LogP contribution is 2.26. The van der Waals surface area contributed by atoms with Gasteiger partial charge in [-0.15, -0.1) is 0 Å². The van der Waals surface area contributed by atoms with Gasteiger partial charge in [-0.1, -0.05) is 24.3 Å². The molecular formula is C24H19F2N3O3. The molecule has 0 fully saturated rings. The molecule has 3 aromatic carbocycles. The molecule has 0 atom stereocenters. The normalized spacial score (nSPS) is 10.6. The topological polar surface area (TPSA) is 65.4 Å². The van der Waals surface area contributed by atoms with E-state index < -0.39 is 5.91 Å². The average Bonchev–Trinajstić information content (AvgIpc) is 3.24. The standard InChI is InChI=1S/C24H19F2N3O3/c1-31-21-5-3-2-4-20(21)27-24(30)23-22(32-15-16-6-8-17(25)9-7-16)14-29(28-23)19-12-10-18(26)11-13-19/h2-14H,15H2,1H3,(H,27,30). The van der Waals surface area contributed by atoms with Crippen LogP contribution in [0.15, 0.2) is 79.0 Å². The van der Waals surface area contributed by atoms with Crippen LogP contribution in [0.2, 0.25) is 0 Å². The first kappa shape index (κ1) is 21.0. The number of anilines is 1. The molecule has 1 N–H and O–H groups in total. The zero-order valence-electron chi connectivity index (χ0n) is 17.1. The molecule has 0 aliphatic rings. The van der Waals surface area contributed by atoms with Crippen LogP contribution in [0.3, 0.4) is 0 Å². The van der Waals surface area contributed by atoms with E-state index >= 15 is 0 Å². The van der Waals surface area contributed by atoms with Crippen LogP contribution in [-0.2, 0) is 6.61 Å². The van der Waals surface area contributed by atoms with Crippen molar-refractivity contribution < 1.29 is 23.0 Å². The maximum Gasteiger partial charge on any atom is 0.280 e. The van der Waals surface area contributed by atoms with Crippen molar-refractivity contribution in [1.29, 1.82) is 0 Å². The molecule has 1 heterocycles. The van der Waals surface area contributed by atoms with Crippen LogP contribution in [0.4, 0.5) is 14.5 Å². The van der Waals surface area contributed by atoms with Crippen molar-refractivity contribution >= 4 is 11.6 Å². The van der Waals surface area contributed by atoms with E-state index in [1.54, 1.807) is 36.4 Å². The minimum atomic E-state index is -0.510. The molecule has 0 bridgehead atoms. The van der Waals surface area contributed by atoms with Gasteiger partial charge >= 0.3 is 0 Å². The van der Waals surface area contributed by atoms with Crippen molar-refractivity contribution in [3.8, 4) is 17.2 Å². The lowest BCUT2D eigenvalue weighted by atomic mass is 10.2. The van der Waals surface area contributed by atoms with Gasteiger partial charge in [0.1, 0.15) is 24.0 Å². The van der Waals surface area contributed by atoms with E-state index in [9.17, 15) is 13.6 Å². The van der Waals surface area contributed by atoms with Crippen LogP contribution in [-0.4, -0.2) is 22.8 Å². The Morgan fingerprint density at radius 2 is 1.59 bits per heavy atom. The Kier molecular flexibility index (Phi) is 6.12. The summed E-state index contributed by atoms with van der Waals surface area (Å²) in [6.45, 7) is 0.102. The van der Waals surface area contributed by atoms with Crippen LogP contribution >= 0.6 is 0 Å². The Morgan fingerprint density at radius 3 is 2.28 bits per heavy atom. The van der Waals surface area contributed by atoms with E-state index in [0.29, 0.717) is 17.1 Å². The predicted octanol–water partition coefficient (Wildman–Crippen LogP) is 4.99. The predicted molar refractivity (Wildman–Crippen MR) is 115 cm³/mol. The summed E-state index contributed by atoms with van der Waals surface area (Å²) in [7, 11) is 1.51. The summed E-state index contributed by atoms with van der Waals surface area (Å²) >= 11 is 0. The quantitative estimate of drug-likeness (QED) is 0.444. The number of nitrogens with one attached hydrogen (secondary N) is 1. The number of amides is 1. The van der Waals surface area contributed by atoms with E-state index in [1.165, 1.54) is 54.4 Å². The van der Waals surface area contributed by atoms with Crippen molar-refractivity contribution in [1.82, 2.24) is 9.78 Å². The summed E-state index contributed by atoms with van der Waals surface area (Å²) in [5.41, 5.74) is 1.77. The third-order valence-electron chi connectivity index (χ3n) is 4.65. The van der Waals surface area contributed by atoms with Gasteiger partial charge in [-0.2, -0.15) is 5.10 Å². The zero-order chi connectivity index (χ0) is 22.5. The summed E-state index contributed by atoms with van der Waals surface area (Å²) in [5, 5.41) is 7.11. The second-order valence-corrected chi connectivity index (χ2v) is 6.83. The molecule has 0 saturated carbocycles. The Hall–Kier alpha value is -4.20. The minimum absolute atomic E-state index is 0.0299. The lowest BCUT2D eigenvalue weighted by Gasteiger charge is -2.10. The van der Waals surface area contributed by atoms with Gasteiger partial charge in [0, 0.05) is 0 Å².